The third-order valence-electron chi connectivity index (χ3n) is 3.19. The second-order valence-corrected chi connectivity index (χ2v) is 4.66. The fourth-order valence-corrected chi connectivity index (χ4v) is 2.00. The maximum atomic E-state index is 12.1. The van der Waals surface area contributed by atoms with Crippen molar-refractivity contribution in [1.29, 1.82) is 0 Å². The van der Waals surface area contributed by atoms with E-state index in [0.29, 0.717) is 36.2 Å². The highest BCUT2D eigenvalue weighted by Gasteiger charge is 2.15. The van der Waals surface area contributed by atoms with Crippen LogP contribution in [0.1, 0.15) is 21.9 Å². The lowest BCUT2D eigenvalue weighted by Gasteiger charge is -2.18. The van der Waals surface area contributed by atoms with Gasteiger partial charge in [-0.15, -0.1) is 0 Å². The average Bonchev–Trinajstić information content (AvgIpc) is 2.79. The van der Waals surface area contributed by atoms with Gasteiger partial charge in [-0.2, -0.15) is 0 Å². The van der Waals surface area contributed by atoms with Crippen molar-refractivity contribution in [3.63, 3.8) is 0 Å². The van der Waals surface area contributed by atoms with Gasteiger partial charge in [0.05, 0.1) is 0 Å². The smallest absolute Gasteiger partial charge is 0.291 e. The molecule has 0 radical (unpaired) electrons. The minimum absolute atomic E-state index is 0.280. The molecule has 1 aliphatic rings. The maximum absolute atomic E-state index is 12.1. The lowest BCUT2D eigenvalue weighted by Crippen LogP contribution is -2.16. The SMILES string of the molecule is Cc1cc(C(=O)Nc2ccc3c(c2)OCCO3)oc1C. The lowest BCUT2D eigenvalue weighted by atomic mass is 10.2. The van der Waals surface area contributed by atoms with Crippen molar-refractivity contribution in [1.82, 2.24) is 0 Å². The highest BCUT2D eigenvalue weighted by molar-refractivity contribution is 6.02. The first-order chi connectivity index (χ1) is 9.63. The van der Waals surface area contributed by atoms with Crippen LogP contribution in [0.15, 0.2) is 28.7 Å². The second-order valence-electron chi connectivity index (χ2n) is 4.66. The van der Waals surface area contributed by atoms with Crippen molar-refractivity contribution in [3.05, 3.63) is 41.3 Å². The van der Waals surface area contributed by atoms with E-state index in [-0.39, 0.29) is 5.91 Å². The Balaban J connectivity index is 1.79. The van der Waals surface area contributed by atoms with E-state index in [0.717, 1.165) is 11.3 Å². The Hall–Kier alpha value is -2.43. The van der Waals surface area contributed by atoms with Crippen molar-refractivity contribution in [2.24, 2.45) is 0 Å². The minimum Gasteiger partial charge on any atom is -0.486 e. The Morgan fingerprint density at radius 1 is 1.10 bits per heavy atom. The molecule has 5 heteroatoms. The fraction of sp³-hybridized carbons (Fsp3) is 0.267. The van der Waals surface area contributed by atoms with Gasteiger partial charge in [0.15, 0.2) is 17.3 Å². The molecule has 5 nitrogen and oxygen atoms in total. The minimum atomic E-state index is -0.280. The highest BCUT2D eigenvalue weighted by Crippen LogP contribution is 2.32. The normalized spacial score (nSPS) is 13.1. The predicted molar refractivity (Wildman–Crippen MR) is 73.6 cm³/mol. The van der Waals surface area contributed by atoms with Crippen LogP contribution >= 0.6 is 0 Å². The number of hydrogen-bond acceptors (Lipinski definition) is 4. The van der Waals surface area contributed by atoms with E-state index in [1.54, 1.807) is 24.3 Å². The zero-order valence-corrected chi connectivity index (χ0v) is 11.4. The highest BCUT2D eigenvalue weighted by atomic mass is 16.6. The van der Waals surface area contributed by atoms with Gasteiger partial charge < -0.3 is 19.2 Å². The van der Waals surface area contributed by atoms with Gasteiger partial charge in [0.1, 0.15) is 19.0 Å². The molecule has 0 aliphatic carbocycles. The first-order valence-corrected chi connectivity index (χ1v) is 6.41. The molecule has 104 valence electrons. The summed E-state index contributed by atoms with van der Waals surface area (Å²) in [5.74, 6) is 2.10. The number of nitrogens with one attached hydrogen (secondary N) is 1. The molecule has 1 N–H and O–H groups in total. The topological polar surface area (TPSA) is 60.7 Å². The van der Waals surface area contributed by atoms with Crippen LogP contribution in [-0.2, 0) is 0 Å². The number of amides is 1. The number of furan rings is 1. The third-order valence-corrected chi connectivity index (χ3v) is 3.19. The van der Waals surface area contributed by atoms with Crippen molar-refractivity contribution >= 4 is 11.6 Å². The average molecular weight is 273 g/mol. The molecule has 0 saturated carbocycles. The van der Waals surface area contributed by atoms with Crippen LogP contribution in [0.2, 0.25) is 0 Å². The van der Waals surface area contributed by atoms with Crippen molar-refractivity contribution in [3.8, 4) is 11.5 Å². The fourth-order valence-electron chi connectivity index (χ4n) is 2.00. The molecular weight excluding hydrogens is 258 g/mol. The van der Waals surface area contributed by atoms with Gasteiger partial charge in [-0.05, 0) is 37.6 Å². The van der Waals surface area contributed by atoms with Gasteiger partial charge in [-0.25, -0.2) is 0 Å². The van der Waals surface area contributed by atoms with E-state index in [2.05, 4.69) is 5.32 Å². The summed E-state index contributed by atoms with van der Waals surface area (Å²) in [5, 5.41) is 2.78. The summed E-state index contributed by atoms with van der Waals surface area (Å²) in [6.45, 7) is 4.79. The van der Waals surface area contributed by atoms with E-state index >= 15 is 0 Å². The van der Waals surface area contributed by atoms with E-state index in [9.17, 15) is 4.79 Å². The molecule has 1 amide bonds. The maximum Gasteiger partial charge on any atom is 0.291 e. The molecule has 0 fully saturated rings. The zero-order valence-electron chi connectivity index (χ0n) is 11.4. The summed E-state index contributed by atoms with van der Waals surface area (Å²) in [6, 6.07) is 7.02. The molecule has 0 spiro atoms. The molecule has 2 aromatic rings. The van der Waals surface area contributed by atoms with Gasteiger partial charge in [0, 0.05) is 11.8 Å². The standard InChI is InChI=1S/C15H15NO4/c1-9-7-14(20-10(9)2)15(17)16-11-3-4-12-13(8-11)19-6-5-18-12/h3-4,7-8H,5-6H2,1-2H3,(H,16,17). The van der Waals surface area contributed by atoms with E-state index in [1.807, 2.05) is 13.8 Å². The summed E-state index contributed by atoms with van der Waals surface area (Å²) in [5.41, 5.74) is 1.60. The molecule has 1 aliphatic heterocycles. The van der Waals surface area contributed by atoms with E-state index < -0.39 is 0 Å². The number of rotatable bonds is 2. The number of hydrogen-bond donors (Lipinski definition) is 1. The molecule has 1 aromatic heterocycles. The van der Waals surface area contributed by atoms with Crippen LogP contribution in [0, 0.1) is 13.8 Å². The number of carbonyl (C=O) groups excluding carboxylic acids is 1. The molecule has 0 bridgehead atoms. The largest absolute Gasteiger partial charge is 0.486 e. The van der Waals surface area contributed by atoms with Crippen molar-refractivity contribution in [2.45, 2.75) is 13.8 Å². The van der Waals surface area contributed by atoms with E-state index in [1.165, 1.54) is 0 Å². The summed E-state index contributed by atoms with van der Waals surface area (Å²) >= 11 is 0. The van der Waals surface area contributed by atoms with Crippen LogP contribution in [0.4, 0.5) is 5.69 Å². The van der Waals surface area contributed by atoms with Crippen molar-refractivity contribution < 1.29 is 18.7 Å². The Bertz CT molecular complexity index is 640. The zero-order chi connectivity index (χ0) is 14.1. The van der Waals surface area contributed by atoms with Gasteiger partial charge in [0.2, 0.25) is 0 Å². The second kappa shape index (κ2) is 4.92. The number of fused-ring (bicyclic) bond motifs is 1. The first kappa shape index (κ1) is 12.6. The van der Waals surface area contributed by atoms with Crippen molar-refractivity contribution in [2.75, 3.05) is 18.5 Å². The number of carbonyl (C=O) groups is 1. The number of aryl methyl sites for hydroxylation is 2. The Morgan fingerprint density at radius 3 is 2.55 bits per heavy atom. The molecule has 0 atom stereocenters. The monoisotopic (exact) mass is 273 g/mol. The summed E-state index contributed by atoms with van der Waals surface area (Å²) < 4.78 is 16.3. The number of ether oxygens (including phenoxy) is 2. The van der Waals surface area contributed by atoms with Gasteiger partial charge in [-0.3, -0.25) is 4.79 Å². The summed E-state index contributed by atoms with van der Waals surface area (Å²) in [7, 11) is 0. The van der Waals surface area contributed by atoms with Gasteiger partial charge >= 0.3 is 0 Å². The van der Waals surface area contributed by atoms with Crippen LogP contribution in [0.25, 0.3) is 0 Å². The van der Waals surface area contributed by atoms with Gasteiger partial charge in [-0.1, -0.05) is 0 Å². The molecule has 0 saturated heterocycles. The first-order valence-electron chi connectivity index (χ1n) is 6.41. The lowest BCUT2D eigenvalue weighted by molar-refractivity contribution is 0.0995. The Morgan fingerprint density at radius 2 is 1.85 bits per heavy atom. The Labute approximate surface area is 116 Å². The van der Waals surface area contributed by atoms with Crippen LogP contribution in [-0.4, -0.2) is 19.1 Å². The van der Waals surface area contributed by atoms with Crippen LogP contribution in [0.3, 0.4) is 0 Å². The van der Waals surface area contributed by atoms with Gasteiger partial charge in [0.25, 0.3) is 5.91 Å². The predicted octanol–water partition coefficient (Wildman–Crippen LogP) is 2.92. The van der Waals surface area contributed by atoms with Crippen LogP contribution in [0.5, 0.6) is 11.5 Å². The quantitative estimate of drug-likeness (QED) is 0.914. The summed E-state index contributed by atoms with van der Waals surface area (Å²) in [4.78, 5) is 12.1. The Kier molecular flexibility index (Phi) is 3.10. The molecule has 0 unspecified atom stereocenters. The molecule has 3 rings (SSSR count). The molecule has 2 heterocycles. The molecular formula is C15H15NO4. The number of benzene rings is 1. The molecule has 1 aromatic carbocycles. The number of anilines is 1. The van der Waals surface area contributed by atoms with Crippen LogP contribution < -0.4 is 14.8 Å². The summed E-state index contributed by atoms with van der Waals surface area (Å²) in [6.07, 6.45) is 0. The van der Waals surface area contributed by atoms with E-state index in [4.69, 9.17) is 13.9 Å². The molecule has 20 heavy (non-hydrogen) atoms. The third kappa shape index (κ3) is 2.34.